The van der Waals surface area contributed by atoms with Crippen molar-refractivity contribution in [2.75, 3.05) is 31.6 Å². The number of nitrogens with zero attached hydrogens (tertiary/aromatic N) is 2. The van der Waals surface area contributed by atoms with E-state index in [0.29, 0.717) is 30.2 Å². The number of nitro groups is 1. The third-order valence-corrected chi connectivity index (χ3v) is 5.67. The molecule has 0 spiro atoms. The Bertz CT molecular complexity index is 1230. The van der Waals surface area contributed by atoms with Gasteiger partial charge in [-0.3, -0.25) is 30.0 Å². The normalized spacial score (nSPS) is 14.2. The Morgan fingerprint density at radius 1 is 1.08 bits per heavy atom. The molecule has 3 rings (SSSR count). The van der Waals surface area contributed by atoms with Crippen LogP contribution in [0, 0.1) is 10.1 Å². The predicted molar refractivity (Wildman–Crippen MR) is 138 cm³/mol. The molecule has 38 heavy (non-hydrogen) atoms. The van der Waals surface area contributed by atoms with E-state index in [2.05, 4.69) is 10.8 Å². The number of rotatable bonds is 12. The van der Waals surface area contributed by atoms with Crippen molar-refractivity contribution in [2.24, 2.45) is 0 Å². The van der Waals surface area contributed by atoms with E-state index < -0.39 is 23.0 Å². The zero-order valence-electron chi connectivity index (χ0n) is 21.4. The zero-order chi connectivity index (χ0) is 27.7. The molecule has 0 saturated heterocycles. The fourth-order valence-corrected chi connectivity index (χ4v) is 3.75. The SMILES string of the molecule is CCOC(=O)c1ccc(Nc2cccc(C3=CC(CC(=O)OCC(=O)N(CC)CC)ON3)c2)cc1[N+](=O)[O-]. The second kappa shape index (κ2) is 13.2. The second-order valence-corrected chi connectivity index (χ2v) is 8.18. The number of nitrogens with one attached hydrogen (secondary N) is 2. The van der Waals surface area contributed by atoms with Gasteiger partial charge in [0.25, 0.3) is 11.6 Å². The number of carbonyl (C=O) groups excluding carboxylic acids is 3. The highest BCUT2D eigenvalue weighted by Gasteiger charge is 2.24. The standard InChI is InChI=1S/C26H30N4O8/c1-4-29(5-2)24(31)16-37-25(32)15-20-14-22(28-38-20)17-8-7-9-18(12-17)27-19-10-11-21(26(33)36-6-3)23(13-19)30(34)35/h7-14,20,27-28H,4-6,15-16H2,1-3H3. The molecule has 12 nitrogen and oxygen atoms in total. The fraction of sp³-hybridized carbons (Fsp3) is 0.346. The Labute approximate surface area is 219 Å². The lowest BCUT2D eigenvalue weighted by Gasteiger charge is -2.18. The molecule has 0 aliphatic carbocycles. The summed E-state index contributed by atoms with van der Waals surface area (Å²) in [5.74, 6) is -1.57. The average molecular weight is 527 g/mol. The number of hydroxylamine groups is 1. The van der Waals surface area contributed by atoms with Crippen molar-refractivity contribution in [3.63, 3.8) is 0 Å². The molecule has 1 atom stereocenters. The van der Waals surface area contributed by atoms with Crippen LogP contribution in [0.1, 0.15) is 43.1 Å². The van der Waals surface area contributed by atoms with Crippen molar-refractivity contribution >= 4 is 40.6 Å². The van der Waals surface area contributed by atoms with Gasteiger partial charge in [-0.2, -0.15) is 0 Å². The third kappa shape index (κ3) is 7.29. The number of nitro benzene ring substituents is 1. The number of hydrogen-bond acceptors (Lipinski definition) is 10. The molecule has 1 aliphatic heterocycles. The molecule has 1 amide bonds. The van der Waals surface area contributed by atoms with Gasteiger partial charge in [0.15, 0.2) is 6.61 Å². The van der Waals surface area contributed by atoms with Gasteiger partial charge in [0.2, 0.25) is 0 Å². The maximum absolute atomic E-state index is 12.2. The second-order valence-electron chi connectivity index (χ2n) is 8.18. The number of benzene rings is 2. The van der Waals surface area contributed by atoms with Crippen LogP contribution in [0.25, 0.3) is 5.70 Å². The van der Waals surface area contributed by atoms with Crippen LogP contribution in [0.2, 0.25) is 0 Å². The molecule has 2 aromatic carbocycles. The molecule has 202 valence electrons. The zero-order valence-corrected chi connectivity index (χ0v) is 21.4. The van der Waals surface area contributed by atoms with Gasteiger partial charge in [0, 0.05) is 36.1 Å². The number of hydrogen-bond donors (Lipinski definition) is 2. The first-order chi connectivity index (χ1) is 18.2. The van der Waals surface area contributed by atoms with Crippen LogP contribution in [-0.4, -0.2) is 60.1 Å². The minimum Gasteiger partial charge on any atom is -0.462 e. The van der Waals surface area contributed by atoms with E-state index in [9.17, 15) is 24.5 Å². The van der Waals surface area contributed by atoms with Crippen LogP contribution in [0.5, 0.6) is 0 Å². The Kier molecular flexibility index (Phi) is 9.77. The molecule has 0 saturated carbocycles. The summed E-state index contributed by atoms with van der Waals surface area (Å²) in [6, 6.07) is 11.3. The topological polar surface area (TPSA) is 149 Å². The number of amides is 1. The Morgan fingerprint density at radius 2 is 1.82 bits per heavy atom. The van der Waals surface area contributed by atoms with Gasteiger partial charge >= 0.3 is 11.9 Å². The van der Waals surface area contributed by atoms with Gasteiger partial charge in [-0.1, -0.05) is 12.1 Å². The van der Waals surface area contributed by atoms with Gasteiger partial charge in [-0.15, -0.1) is 0 Å². The largest absolute Gasteiger partial charge is 0.462 e. The number of esters is 2. The van der Waals surface area contributed by atoms with Crippen LogP contribution in [0.15, 0.2) is 48.5 Å². The minimum absolute atomic E-state index is 0.0730. The van der Waals surface area contributed by atoms with E-state index in [1.165, 1.54) is 12.1 Å². The Hall–Kier alpha value is -4.45. The maximum Gasteiger partial charge on any atom is 0.345 e. The van der Waals surface area contributed by atoms with Crippen LogP contribution in [0.4, 0.5) is 17.1 Å². The average Bonchev–Trinajstić information content (AvgIpc) is 3.37. The van der Waals surface area contributed by atoms with Crippen molar-refractivity contribution in [1.29, 1.82) is 0 Å². The lowest BCUT2D eigenvalue weighted by molar-refractivity contribution is -0.385. The molecule has 0 aromatic heterocycles. The first-order valence-corrected chi connectivity index (χ1v) is 12.2. The monoisotopic (exact) mass is 526 g/mol. The first-order valence-electron chi connectivity index (χ1n) is 12.2. The summed E-state index contributed by atoms with van der Waals surface area (Å²) >= 11 is 0. The molecule has 1 aliphatic rings. The highest BCUT2D eigenvalue weighted by Crippen LogP contribution is 2.28. The summed E-state index contributed by atoms with van der Waals surface area (Å²) in [6.45, 7) is 6.19. The minimum atomic E-state index is -0.763. The van der Waals surface area contributed by atoms with Crippen molar-refractivity contribution in [3.05, 3.63) is 69.8 Å². The highest BCUT2D eigenvalue weighted by atomic mass is 16.7. The van der Waals surface area contributed by atoms with Gasteiger partial charge < -0.3 is 19.7 Å². The summed E-state index contributed by atoms with van der Waals surface area (Å²) < 4.78 is 9.98. The molecule has 0 bridgehead atoms. The molecule has 12 heteroatoms. The number of ether oxygens (including phenoxy) is 2. The molecule has 1 heterocycles. The lowest BCUT2D eigenvalue weighted by atomic mass is 10.1. The van der Waals surface area contributed by atoms with Crippen LogP contribution < -0.4 is 10.8 Å². The Morgan fingerprint density at radius 3 is 2.50 bits per heavy atom. The predicted octanol–water partition coefficient (Wildman–Crippen LogP) is 3.56. The summed E-state index contributed by atoms with van der Waals surface area (Å²) in [4.78, 5) is 54.1. The molecular weight excluding hydrogens is 496 g/mol. The highest BCUT2D eigenvalue weighted by molar-refractivity contribution is 5.94. The Balaban J connectivity index is 1.65. The molecular formula is C26H30N4O8. The number of likely N-dealkylation sites (N-methyl/N-ethyl adjacent to an activating group) is 1. The van der Waals surface area contributed by atoms with Crippen molar-refractivity contribution in [2.45, 2.75) is 33.3 Å². The van der Waals surface area contributed by atoms with E-state index in [4.69, 9.17) is 14.3 Å². The van der Waals surface area contributed by atoms with Gasteiger partial charge in [0.1, 0.15) is 11.7 Å². The fourth-order valence-electron chi connectivity index (χ4n) is 3.75. The molecule has 2 aromatic rings. The van der Waals surface area contributed by atoms with E-state index >= 15 is 0 Å². The van der Waals surface area contributed by atoms with Crippen molar-refractivity contribution in [3.8, 4) is 0 Å². The van der Waals surface area contributed by atoms with E-state index in [1.807, 2.05) is 19.9 Å². The van der Waals surface area contributed by atoms with Gasteiger partial charge in [-0.25, -0.2) is 4.79 Å². The smallest absolute Gasteiger partial charge is 0.345 e. The third-order valence-electron chi connectivity index (χ3n) is 5.67. The molecule has 1 unspecified atom stereocenters. The lowest BCUT2D eigenvalue weighted by Crippen LogP contribution is -2.34. The summed E-state index contributed by atoms with van der Waals surface area (Å²) in [7, 11) is 0. The van der Waals surface area contributed by atoms with Crippen molar-refractivity contribution in [1.82, 2.24) is 10.4 Å². The van der Waals surface area contributed by atoms with Gasteiger partial charge in [-0.05, 0) is 51.1 Å². The number of anilines is 2. The maximum atomic E-state index is 12.2. The summed E-state index contributed by atoms with van der Waals surface area (Å²) in [5.41, 5.74) is 4.68. The van der Waals surface area contributed by atoms with E-state index in [-0.39, 0.29) is 36.8 Å². The molecule has 0 radical (unpaired) electrons. The summed E-state index contributed by atoms with van der Waals surface area (Å²) in [5, 5.41) is 14.6. The number of carbonyl (C=O) groups is 3. The first kappa shape index (κ1) is 28.1. The van der Waals surface area contributed by atoms with Crippen LogP contribution >= 0.6 is 0 Å². The quantitative estimate of drug-likeness (QED) is 0.239. The van der Waals surface area contributed by atoms with Crippen LogP contribution in [0.3, 0.4) is 0 Å². The molecule has 2 N–H and O–H groups in total. The summed E-state index contributed by atoms with van der Waals surface area (Å²) in [6.07, 6.45) is 1.07. The van der Waals surface area contributed by atoms with Crippen molar-refractivity contribution < 1.29 is 33.6 Å². The van der Waals surface area contributed by atoms with E-state index in [0.717, 1.165) is 5.56 Å². The van der Waals surface area contributed by atoms with Crippen LogP contribution in [-0.2, 0) is 23.9 Å². The molecule has 0 fully saturated rings. The van der Waals surface area contributed by atoms with Gasteiger partial charge in [0.05, 0.1) is 23.6 Å². The van der Waals surface area contributed by atoms with E-state index in [1.54, 1.807) is 42.2 Å².